The fraction of sp³-hybridized carbons (Fsp3) is 0.167. The number of halogens is 1. The number of benzene rings is 3. The molecule has 1 aliphatic rings. The fourth-order valence-electron chi connectivity index (χ4n) is 3.90. The Morgan fingerprint density at radius 1 is 1.03 bits per heavy atom. The third-order valence-electron chi connectivity index (χ3n) is 5.48. The number of amides is 1. The maximum absolute atomic E-state index is 13.4. The van der Waals surface area contributed by atoms with Crippen LogP contribution < -0.4 is 4.90 Å². The summed E-state index contributed by atoms with van der Waals surface area (Å²) in [5, 5.41) is 12.2. The van der Waals surface area contributed by atoms with Crippen LogP contribution in [-0.4, -0.2) is 16.8 Å². The van der Waals surface area contributed by atoms with Crippen LogP contribution >= 0.6 is 11.6 Å². The van der Waals surface area contributed by atoms with Crippen LogP contribution in [0.25, 0.3) is 0 Å². The number of carbonyl (C=O) groups excluding carboxylic acids is 2. The highest BCUT2D eigenvalue weighted by Gasteiger charge is 2.55. The van der Waals surface area contributed by atoms with Crippen LogP contribution in [0.4, 0.5) is 5.69 Å². The van der Waals surface area contributed by atoms with Gasteiger partial charge in [0.25, 0.3) is 5.91 Å². The highest BCUT2D eigenvalue weighted by atomic mass is 35.5. The van der Waals surface area contributed by atoms with Crippen LogP contribution in [-0.2, 0) is 16.9 Å². The van der Waals surface area contributed by atoms with Crippen molar-refractivity contribution in [3.63, 3.8) is 0 Å². The number of nitrogens with zero attached hydrogens (tertiary/aromatic N) is 1. The van der Waals surface area contributed by atoms with E-state index in [-0.39, 0.29) is 12.3 Å². The van der Waals surface area contributed by atoms with Crippen molar-refractivity contribution in [2.24, 2.45) is 5.92 Å². The highest BCUT2D eigenvalue weighted by Crippen LogP contribution is 2.46. The van der Waals surface area contributed by atoms with Crippen LogP contribution in [0.5, 0.6) is 0 Å². The Hall–Kier alpha value is -2.95. The van der Waals surface area contributed by atoms with Gasteiger partial charge < -0.3 is 10.0 Å². The van der Waals surface area contributed by atoms with Crippen molar-refractivity contribution in [2.45, 2.75) is 19.1 Å². The lowest BCUT2D eigenvalue weighted by molar-refractivity contribution is -0.139. The number of rotatable bonds is 5. The number of aliphatic hydroxyl groups is 1. The number of para-hydroxylation sites is 1. The summed E-state index contributed by atoms with van der Waals surface area (Å²) in [5.74, 6) is -1.72. The van der Waals surface area contributed by atoms with Gasteiger partial charge in [-0.25, -0.2) is 0 Å². The topological polar surface area (TPSA) is 57.6 Å². The molecule has 0 aliphatic carbocycles. The van der Waals surface area contributed by atoms with Gasteiger partial charge in [0.05, 0.1) is 18.2 Å². The van der Waals surface area contributed by atoms with Gasteiger partial charge in [0, 0.05) is 16.1 Å². The Labute approximate surface area is 174 Å². The van der Waals surface area contributed by atoms with E-state index in [1.165, 1.54) is 4.90 Å². The van der Waals surface area contributed by atoms with Crippen molar-refractivity contribution < 1.29 is 14.7 Å². The number of anilines is 1. The average Bonchev–Trinajstić information content (AvgIpc) is 2.96. The Kier molecular flexibility index (Phi) is 4.99. The monoisotopic (exact) mass is 405 g/mol. The molecule has 2 atom stereocenters. The third-order valence-corrected chi connectivity index (χ3v) is 5.72. The molecule has 3 aromatic carbocycles. The second-order valence-corrected chi connectivity index (χ2v) is 7.69. The van der Waals surface area contributed by atoms with E-state index >= 15 is 0 Å². The molecule has 0 radical (unpaired) electrons. The Balaban J connectivity index is 1.74. The van der Waals surface area contributed by atoms with E-state index in [1.54, 1.807) is 61.5 Å². The molecule has 0 saturated carbocycles. The van der Waals surface area contributed by atoms with Gasteiger partial charge in [0.1, 0.15) is 0 Å². The summed E-state index contributed by atoms with van der Waals surface area (Å²) in [6.45, 7) is 1.86. The van der Waals surface area contributed by atoms with Gasteiger partial charge >= 0.3 is 0 Å². The largest absolute Gasteiger partial charge is 0.375 e. The molecule has 2 unspecified atom stereocenters. The number of hydrogen-bond acceptors (Lipinski definition) is 3. The molecule has 0 bridgehead atoms. The molecule has 1 N–H and O–H groups in total. The van der Waals surface area contributed by atoms with Crippen LogP contribution in [0, 0.1) is 5.92 Å². The van der Waals surface area contributed by atoms with Crippen molar-refractivity contribution >= 4 is 29.0 Å². The van der Waals surface area contributed by atoms with E-state index in [4.69, 9.17) is 11.6 Å². The lowest BCUT2D eigenvalue weighted by Crippen LogP contribution is -2.47. The van der Waals surface area contributed by atoms with Crippen molar-refractivity contribution in [2.75, 3.05) is 4.90 Å². The smallest absolute Gasteiger partial charge is 0.264 e. The highest BCUT2D eigenvalue weighted by molar-refractivity contribution is 6.30. The molecule has 1 aliphatic heterocycles. The fourth-order valence-corrected chi connectivity index (χ4v) is 4.11. The summed E-state index contributed by atoms with van der Waals surface area (Å²) in [6.07, 6.45) is 0. The van der Waals surface area contributed by atoms with Gasteiger partial charge in [-0.15, -0.1) is 0 Å². The molecule has 146 valence electrons. The Morgan fingerprint density at radius 2 is 1.72 bits per heavy atom. The number of ketones is 1. The molecule has 29 heavy (non-hydrogen) atoms. The van der Waals surface area contributed by atoms with E-state index in [1.807, 2.05) is 24.3 Å². The van der Waals surface area contributed by atoms with Crippen LogP contribution in [0.3, 0.4) is 0 Å². The van der Waals surface area contributed by atoms with Gasteiger partial charge in [-0.3, -0.25) is 9.59 Å². The van der Waals surface area contributed by atoms with E-state index in [9.17, 15) is 14.7 Å². The first kappa shape index (κ1) is 19.4. The van der Waals surface area contributed by atoms with Gasteiger partial charge in [-0.05, 0) is 23.8 Å². The lowest BCUT2D eigenvalue weighted by Gasteiger charge is -2.28. The van der Waals surface area contributed by atoms with Gasteiger partial charge in [-0.2, -0.15) is 0 Å². The summed E-state index contributed by atoms with van der Waals surface area (Å²) < 4.78 is 0. The minimum Gasteiger partial charge on any atom is -0.375 e. The van der Waals surface area contributed by atoms with Crippen molar-refractivity contribution in [1.82, 2.24) is 0 Å². The number of carbonyl (C=O) groups is 2. The Bertz CT molecular complexity index is 1080. The zero-order chi connectivity index (χ0) is 20.6. The van der Waals surface area contributed by atoms with Crippen molar-refractivity contribution in [3.05, 3.63) is 101 Å². The quantitative estimate of drug-likeness (QED) is 0.631. The van der Waals surface area contributed by atoms with Crippen LogP contribution in [0.1, 0.15) is 28.4 Å². The van der Waals surface area contributed by atoms with Crippen molar-refractivity contribution in [3.8, 4) is 0 Å². The Morgan fingerprint density at radius 3 is 2.45 bits per heavy atom. The molecule has 4 nitrogen and oxygen atoms in total. The molecule has 0 spiro atoms. The molecule has 4 rings (SSSR count). The van der Waals surface area contributed by atoms with Crippen LogP contribution in [0.15, 0.2) is 78.9 Å². The molecule has 3 aromatic rings. The zero-order valence-corrected chi connectivity index (χ0v) is 16.6. The lowest BCUT2D eigenvalue weighted by atomic mass is 9.79. The number of Topliss-reactive ketones (excluding diaryl/α,β-unsaturated/α-hetero) is 1. The van der Waals surface area contributed by atoms with Gasteiger partial charge in [0.15, 0.2) is 11.4 Å². The molecular formula is C24H20ClNO3. The predicted octanol–water partition coefficient (Wildman–Crippen LogP) is 4.59. The van der Waals surface area contributed by atoms with Gasteiger partial charge in [-0.1, -0.05) is 79.2 Å². The molecule has 1 heterocycles. The molecule has 0 saturated heterocycles. The van der Waals surface area contributed by atoms with Crippen LogP contribution in [0.2, 0.25) is 5.02 Å². The average molecular weight is 406 g/mol. The third kappa shape index (κ3) is 3.24. The number of hydrogen-bond donors (Lipinski definition) is 1. The summed E-state index contributed by atoms with van der Waals surface area (Å²) >= 11 is 6.09. The minimum atomic E-state index is -1.93. The summed E-state index contributed by atoms with van der Waals surface area (Å²) in [5.41, 5.74) is 0.428. The first-order valence-corrected chi connectivity index (χ1v) is 9.78. The molecule has 0 aromatic heterocycles. The van der Waals surface area contributed by atoms with E-state index in [0.29, 0.717) is 21.8 Å². The summed E-state index contributed by atoms with van der Waals surface area (Å²) in [6, 6.07) is 23.0. The molecular weight excluding hydrogens is 386 g/mol. The normalized spacial score (nSPS) is 19.1. The van der Waals surface area contributed by atoms with Gasteiger partial charge in [0.2, 0.25) is 0 Å². The standard InChI is InChI=1S/C24H20ClNO3/c1-16(22(27)18-9-3-2-4-10-18)24(29)20-12-5-6-13-21(20)26(23(24)28)15-17-8-7-11-19(25)14-17/h2-14,16,29H,15H2,1H3. The van der Waals surface area contributed by atoms with Crippen molar-refractivity contribution in [1.29, 1.82) is 0 Å². The summed E-state index contributed by atoms with van der Waals surface area (Å²) in [4.78, 5) is 28.0. The zero-order valence-electron chi connectivity index (χ0n) is 15.9. The first-order valence-electron chi connectivity index (χ1n) is 9.40. The molecule has 0 fully saturated rings. The second kappa shape index (κ2) is 7.47. The predicted molar refractivity (Wildman–Crippen MR) is 113 cm³/mol. The maximum atomic E-state index is 13.4. The van der Waals surface area contributed by atoms with E-state index < -0.39 is 17.4 Å². The SMILES string of the molecule is CC(C(=O)c1ccccc1)C1(O)C(=O)N(Cc2cccc(Cl)c2)c2ccccc21. The first-order chi connectivity index (χ1) is 13.9. The van der Waals surface area contributed by atoms with E-state index in [2.05, 4.69) is 0 Å². The number of fused-ring (bicyclic) bond motifs is 1. The maximum Gasteiger partial charge on any atom is 0.264 e. The van der Waals surface area contributed by atoms with E-state index in [0.717, 1.165) is 5.56 Å². The minimum absolute atomic E-state index is 0.255. The second-order valence-electron chi connectivity index (χ2n) is 7.26. The molecule has 5 heteroatoms. The summed E-state index contributed by atoms with van der Waals surface area (Å²) in [7, 11) is 0. The molecule has 1 amide bonds.